The largest absolute Gasteiger partial charge is 0.550 e. The first-order chi connectivity index (χ1) is 13.5. The quantitative estimate of drug-likeness (QED) is 0.594. The normalized spacial score (nSPS) is 11.4. The van der Waals surface area contributed by atoms with Crippen LogP contribution in [0.1, 0.15) is 30.8 Å². The monoisotopic (exact) mass is 396 g/mol. The maximum Gasteiger partial charge on any atom is 0.262 e. The molecule has 0 unspecified atom stereocenters. The van der Waals surface area contributed by atoms with Gasteiger partial charge < -0.3 is 19.9 Å². The molecule has 1 N–H and O–H groups in total. The van der Waals surface area contributed by atoms with Crippen molar-refractivity contribution in [2.45, 2.75) is 26.8 Å². The van der Waals surface area contributed by atoms with Crippen molar-refractivity contribution in [3.05, 3.63) is 53.0 Å². The summed E-state index contributed by atoms with van der Waals surface area (Å²) in [4.78, 5) is 13.1. The van der Waals surface area contributed by atoms with E-state index < -0.39 is 5.97 Å². The number of carboxylic acids is 1. The number of rotatable bonds is 8. The molecule has 1 aromatic heterocycles. The lowest BCUT2D eigenvalue weighted by Crippen LogP contribution is -2.38. The van der Waals surface area contributed by atoms with Crippen LogP contribution in [0.5, 0.6) is 5.75 Å². The molecule has 0 aliphatic carbocycles. The highest BCUT2D eigenvalue weighted by atomic mass is 32.1. The van der Waals surface area contributed by atoms with Gasteiger partial charge >= 0.3 is 0 Å². The molecule has 28 heavy (non-hydrogen) atoms. The Balaban J connectivity index is 1.92. The number of fused-ring (bicyclic) bond motifs is 1. The van der Waals surface area contributed by atoms with Gasteiger partial charge in [0.25, 0.3) is 5.01 Å². The molecule has 0 amide bonds. The molecule has 0 saturated carbocycles. The van der Waals surface area contributed by atoms with E-state index in [2.05, 4.69) is 18.7 Å². The average Bonchev–Trinajstić information content (AvgIpc) is 3.04. The third-order valence-corrected chi connectivity index (χ3v) is 5.85. The number of phenolic OH excluding ortho intramolecular Hbond substituents is 1. The molecule has 0 radical (unpaired) electrons. The summed E-state index contributed by atoms with van der Waals surface area (Å²) >= 11 is 1.59. The lowest BCUT2D eigenvalue weighted by atomic mass is 10.1. The van der Waals surface area contributed by atoms with Crippen molar-refractivity contribution in [1.82, 2.24) is 0 Å². The Morgan fingerprint density at radius 1 is 1.18 bits per heavy atom. The minimum absolute atomic E-state index is 0.0456. The Bertz CT molecular complexity index is 1010. The Morgan fingerprint density at radius 3 is 2.61 bits per heavy atom. The van der Waals surface area contributed by atoms with Crippen LogP contribution in [0.25, 0.3) is 22.4 Å². The van der Waals surface area contributed by atoms with Gasteiger partial charge in [0, 0.05) is 54.9 Å². The summed E-state index contributed by atoms with van der Waals surface area (Å²) in [5.41, 5.74) is 2.71. The van der Waals surface area contributed by atoms with Gasteiger partial charge in [-0.2, -0.15) is 4.57 Å². The van der Waals surface area contributed by atoms with E-state index in [-0.39, 0.29) is 12.2 Å². The molecule has 0 aliphatic heterocycles. The third kappa shape index (κ3) is 4.34. The standard InChI is InChI=1S/C22H24N2O3S/c1-3-23(4-2)17-11-9-16(19(25)15-17)10-12-21-24(14-13-22(26)27)18-7-5-6-8-20(18)28-21/h5-12,15H,3-4,13-14H2,1-2H3,(H,26,27). The van der Waals surface area contributed by atoms with E-state index >= 15 is 0 Å². The van der Waals surface area contributed by atoms with Crippen LogP contribution in [0.2, 0.25) is 0 Å². The summed E-state index contributed by atoms with van der Waals surface area (Å²) in [6.45, 7) is 6.28. The number of aryl methyl sites for hydroxylation is 1. The fourth-order valence-electron chi connectivity index (χ4n) is 3.23. The van der Waals surface area contributed by atoms with Gasteiger partial charge in [-0.25, -0.2) is 0 Å². The molecule has 0 fully saturated rings. The molecule has 0 bridgehead atoms. The number of hydrogen-bond donors (Lipinski definition) is 1. The summed E-state index contributed by atoms with van der Waals surface area (Å²) in [5, 5.41) is 22.3. The molecular weight excluding hydrogens is 372 g/mol. The van der Waals surface area contributed by atoms with Crippen molar-refractivity contribution >= 4 is 45.4 Å². The molecule has 3 rings (SSSR count). The number of aromatic hydroxyl groups is 1. The molecular formula is C22H24N2O3S. The smallest absolute Gasteiger partial charge is 0.262 e. The highest BCUT2D eigenvalue weighted by Gasteiger charge is 2.18. The van der Waals surface area contributed by atoms with Gasteiger partial charge in [0.2, 0.25) is 5.52 Å². The zero-order valence-corrected chi connectivity index (χ0v) is 16.9. The van der Waals surface area contributed by atoms with Crippen LogP contribution in [-0.2, 0) is 11.3 Å². The summed E-state index contributed by atoms with van der Waals surface area (Å²) < 4.78 is 3.06. The van der Waals surface area contributed by atoms with Crippen molar-refractivity contribution in [1.29, 1.82) is 0 Å². The predicted octanol–water partition coefficient (Wildman–Crippen LogP) is 3.05. The number of nitrogens with zero attached hydrogens (tertiary/aromatic N) is 2. The first kappa shape index (κ1) is 19.9. The van der Waals surface area contributed by atoms with Gasteiger partial charge in [0.15, 0.2) is 6.54 Å². The highest BCUT2D eigenvalue weighted by molar-refractivity contribution is 7.18. The number of hydrogen-bond acceptors (Lipinski definition) is 5. The average molecular weight is 397 g/mol. The van der Waals surface area contributed by atoms with E-state index in [0.29, 0.717) is 6.54 Å². The molecule has 1 heterocycles. The van der Waals surface area contributed by atoms with E-state index in [4.69, 9.17) is 0 Å². The lowest BCUT2D eigenvalue weighted by Gasteiger charge is -2.21. The number of carboxylic acid groups (broad SMARTS) is 1. The van der Waals surface area contributed by atoms with Gasteiger partial charge in [0.1, 0.15) is 10.4 Å². The topological polar surface area (TPSA) is 67.5 Å². The fraction of sp³-hybridized carbons (Fsp3) is 0.273. The van der Waals surface area contributed by atoms with Crippen LogP contribution in [-0.4, -0.2) is 24.2 Å². The summed E-state index contributed by atoms with van der Waals surface area (Å²) in [5.74, 6) is -0.842. The van der Waals surface area contributed by atoms with E-state index in [9.17, 15) is 15.0 Å². The second-order valence-corrected chi connectivity index (χ2v) is 7.49. The van der Waals surface area contributed by atoms with Crippen molar-refractivity contribution in [3.63, 3.8) is 0 Å². The molecule has 6 heteroatoms. The Kier molecular flexibility index (Phi) is 6.31. The van der Waals surface area contributed by atoms with Crippen molar-refractivity contribution in [2.24, 2.45) is 0 Å². The van der Waals surface area contributed by atoms with Crippen molar-refractivity contribution in [2.75, 3.05) is 18.0 Å². The molecule has 0 saturated heterocycles. The number of carbonyl (C=O) groups excluding carboxylic acids is 1. The highest BCUT2D eigenvalue weighted by Crippen LogP contribution is 2.27. The lowest BCUT2D eigenvalue weighted by molar-refractivity contribution is -0.668. The van der Waals surface area contributed by atoms with E-state index in [1.165, 1.54) is 0 Å². The number of phenols is 1. The first-order valence-electron chi connectivity index (χ1n) is 9.40. The van der Waals surface area contributed by atoms with Crippen LogP contribution in [0.3, 0.4) is 0 Å². The number of anilines is 1. The Morgan fingerprint density at radius 2 is 1.93 bits per heavy atom. The molecule has 0 atom stereocenters. The number of para-hydroxylation sites is 1. The van der Waals surface area contributed by atoms with Crippen molar-refractivity contribution < 1.29 is 19.6 Å². The molecule has 5 nitrogen and oxygen atoms in total. The number of thiazole rings is 1. The Labute approximate surface area is 168 Å². The maximum absolute atomic E-state index is 10.9. The van der Waals surface area contributed by atoms with E-state index in [1.807, 2.05) is 53.1 Å². The summed E-state index contributed by atoms with van der Waals surface area (Å²) in [6.07, 6.45) is 3.74. The van der Waals surface area contributed by atoms with Crippen LogP contribution >= 0.6 is 11.3 Å². The van der Waals surface area contributed by atoms with Crippen LogP contribution in [0.4, 0.5) is 5.69 Å². The van der Waals surface area contributed by atoms with Gasteiger partial charge in [-0.3, -0.25) is 0 Å². The number of aromatic nitrogens is 1. The van der Waals surface area contributed by atoms with Gasteiger partial charge in [-0.05, 0) is 38.1 Å². The second kappa shape index (κ2) is 8.89. The molecule has 146 valence electrons. The maximum atomic E-state index is 10.9. The Hall–Kier alpha value is -2.86. The van der Waals surface area contributed by atoms with Crippen LogP contribution in [0.15, 0.2) is 42.5 Å². The molecule has 0 aliphatic rings. The zero-order valence-electron chi connectivity index (χ0n) is 16.1. The molecule has 2 aromatic carbocycles. The van der Waals surface area contributed by atoms with Gasteiger partial charge in [-0.1, -0.05) is 23.5 Å². The fourth-order valence-corrected chi connectivity index (χ4v) is 4.32. The minimum Gasteiger partial charge on any atom is -0.550 e. The van der Waals surface area contributed by atoms with Crippen LogP contribution in [0, 0.1) is 0 Å². The summed E-state index contributed by atoms with van der Waals surface area (Å²) in [6, 6.07) is 13.6. The van der Waals surface area contributed by atoms with Gasteiger partial charge in [0.05, 0.1) is 0 Å². The SMILES string of the molecule is CCN(CC)c1ccc(/C=C/c2sc3ccccc3[n+]2CCC(=O)[O-])c(O)c1. The second-order valence-electron chi connectivity index (χ2n) is 6.43. The third-order valence-electron chi connectivity index (χ3n) is 4.72. The van der Waals surface area contributed by atoms with Crippen LogP contribution < -0.4 is 14.6 Å². The number of benzene rings is 2. The predicted molar refractivity (Wildman–Crippen MR) is 112 cm³/mol. The minimum atomic E-state index is -1.07. The molecule has 3 aromatic rings. The first-order valence-corrected chi connectivity index (χ1v) is 10.2. The van der Waals surface area contributed by atoms with E-state index in [1.54, 1.807) is 17.4 Å². The van der Waals surface area contributed by atoms with E-state index in [0.717, 1.165) is 39.6 Å². The van der Waals surface area contributed by atoms with Gasteiger partial charge in [-0.15, -0.1) is 0 Å². The zero-order chi connectivity index (χ0) is 20.1. The number of aliphatic carboxylic acids is 1. The van der Waals surface area contributed by atoms with Crippen molar-refractivity contribution in [3.8, 4) is 5.75 Å². The summed E-state index contributed by atoms with van der Waals surface area (Å²) in [7, 11) is 0. The number of carbonyl (C=O) groups is 1. The molecule has 0 spiro atoms.